The fraction of sp³-hybridized carbons (Fsp3) is 1.00. The first-order chi connectivity index (χ1) is 1.41. The van der Waals surface area contributed by atoms with Crippen LogP contribution < -0.4 is 24.8 Å². The molecule has 0 spiro atoms. The van der Waals surface area contributed by atoms with E-state index < -0.39 is 0 Å². The Labute approximate surface area is 55.5 Å². The molecular weight excluding hydrogens is 165 g/mol. The maximum Gasteiger partial charge on any atom is -1.00 e. The molecule has 0 aromatic carbocycles. The van der Waals surface area contributed by atoms with Crippen LogP contribution in [0.2, 0.25) is 4.98 Å². The molecule has 5 heavy (non-hydrogen) atoms. The molecule has 0 aromatic rings. The van der Waals surface area contributed by atoms with Gasteiger partial charge in [-0.1, -0.05) is 0 Å². The molecule has 0 aliphatic carbocycles. The Morgan fingerprint density at radius 2 is 1.40 bits per heavy atom. The SMILES string of the molecule is C[CH2][Ga+2].[Cl-].[Cl-]. The first-order valence-electron chi connectivity index (χ1n) is 1.12. The maximum absolute atomic E-state index is 2.15. The van der Waals surface area contributed by atoms with Gasteiger partial charge in [-0.3, -0.25) is 0 Å². The van der Waals surface area contributed by atoms with E-state index in [-0.39, 0.29) is 24.8 Å². The molecule has 0 saturated heterocycles. The van der Waals surface area contributed by atoms with Crippen LogP contribution in [0.15, 0.2) is 0 Å². The summed E-state index contributed by atoms with van der Waals surface area (Å²) in [6.45, 7) is 2.15. The summed E-state index contributed by atoms with van der Waals surface area (Å²) in [7, 11) is 0. The molecule has 0 atom stereocenters. The molecule has 0 N–H and O–H groups in total. The first-order valence-corrected chi connectivity index (χ1v) is 2.83. The number of hydrogen-bond donors (Lipinski definition) is 0. The van der Waals surface area contributed by atoms with Gasteiger partial charge in [0.05, 0.1) is 0 Å². The molecule has 0 fully saturated rings. The van der Waals surface area contributed by atoms with Crippen LogP contribution in [0.25, 0.3) is 0 Å². The van der Waals surface area contributed by atoms with Crippen molar-refractivity contribution in [1.82, 2.24) is 0 Å². The Balaban J connectivity index is -0.0000000200. The average molecular weight is 170 g/mol. The van der Waals surface area contributed by atoms with Crippen LogP contribution in [0.3, 0.4) is 0 Å². The third-order valence-electron chi connectivity index (χ3n) is 0. The smallest absolute Gasteiger partial charge is 1.00 e. The second-order valence-corrected chi connectivity index (χ2v) is 2.12. The Morgan fingerprint density at radius 1 is 1.40 bits per heavy atom. The van der Waals surface area contributed by atoms with Crippen molar-refractivity contribution in [2.24, 2.45) is 0 Å². The first kappa shape index (κ1) is 16.4. The second-order valence-electron chi connectivity index (χ2n) is 0.408. The average Bonchev–Trinajstić information content (AvgIpc) is 0.918. The third kappa shape index (κ3) is 36.5. The summed E-state index contributed by atoms with van der Waals surface area (Å²) in [6, 6.07) is 0. The van der Waals surface area contributed by atoms with Gasteiger partial charge < -0.3 is 24.8 Å². The molecule has 0 aliphatic heterocycles. The van der Waals surface area contributed by atoms with Gasteiger partial charge in [-0.15, -0.1) is 0 Å². The summed E-state index contributed by atoms with van der Waals surface area (Å²) in [6.07, 6.45) is 0. The maximum atomic E-state index is 2.15. The molecule has 0 unspecified atom stereocenters. The van der Waals surface area contributed by atoms with E-state index >= 15 is 0 Å². The van der Waals surface area contributed by atoms with Crippen molar-refractivity contribution in [1.29, 1.82) is 0 Å². The molecule has 0 rings (SSSR count). The van der Waals surface area contributed by atoms with Gasteiger partial charge in [0.25, 0.3) is 0 Å². The number of rotatable bonds is 0. The fourth-order valence-corrected chi connectivity index (χ4v) is 0. The molecule has 0 radical (unpaired) electrons. The standard InChI is InChI=1S/C2H5.2ClH.Ga/c1-2;;;/h1H2,2H3;2*1H;/q;;;+2/p-2. The summed E-state index contributed by atoms with van der Waals surface area (Å²) < 4.78 is 0. The van der Waals surface area contributed by atoms with E-state index in [9.17, 15) is 0 Å². The molecule has 0 bridgehead atoms. The van der Waals surface area contributed by atoms with Crippen LogP contribution in [-0.2, 0) is 0 Å². The van der Waals surface area contributed by atoms with Gasteiger partial charge in [0, 0.05) is 0 Å². The van der Waals surface area contributed by atoms with Crippen molar-refractivity contribution in [3.63, 3.8) is 0 Å². The van der Waals surface area contributed by atoms with Gasteiger partial charge >= 0.3 is 30.5 Å². The van der Waals surface area contributed by atoms with Crippen LogP contribution in [0.5, 0.6) is 0 Å². The van der Waals surface area contributed by atoms with E-state index in [4.69, 9.17) is 0 Å². The van der Waals surface area contributed by atoms with Gasteiger partial charge in [0.1, 0.15) is 0 Å². The largest absolute Gasteiger partial charge is 1.00 e. The van der Waals surface area contributed by atoms with Crippen molar-refractivity contribution in [2.45, 2.75) is 11.9 Å². The molecule has 0 heterocycles. The third-order valence-corrected chi connectivity index (χ3v) is 0. The molecule has 30 valence electrons. The summed E-state index contributed by atoms with van der Waals surface area (Å²) in [5, 5.41) is 0. The Bertz CT molecular complexity index is 7.61. The van der Waals surface area contributed by atoms with Crippen molar-refractivity contribution >= 4 is 18.6 Å². The molecule has 0 amide bonds. The van der Waals surface area contributed by atoms with Gasteiger partial charge in [-0.25, -0.2) is 0 Å². The zero-order valence-corrected chi connectivity index (χ0v) is 6.97. The second kappa shape index (κ2) is 18.9. The summed E-state index contributed by atoms with van der Waals surface area (Å²) in [5.74, 6) is 0. The zero-order valence-electron chi connectivity index (χ0n) is 3.04. The summed E-state index contributed by atoms with van der Waals surface area (Å²) in [5.41, 5.74) is 0. The minimum absolute atomic E-state index is 0. The minimum Gasteiger partial charge on any atom is -1.00 e. The number of hydrogen-bond acceptors (Lipinski definition) is 0. The number of halogens is 2. The molecule has 0 saturated carbocycles. The van der Waals surface area contributed by atoms with Crippen molar-refractivity contribution in [3.8, 4) is 0 Å². The van der Waals surface area contributed by atoms with Crippen LogP contribution in [0.4, 0.5) is 0 Å². The fourth-order valence-electron chi connectivity index (χ4n) is 0. The normalized spacial score (nSPS) is 3.80. The van der Waals surface area contributed by atoms with Crippen LogP contribution in [0, 0.1) is 0 Å². The van der Waals surface area contributed by atoms with E-state index in [1.807, 2.05) is 0 Å². The Hall–Kier alpha value is 1.22. The van der Waals surface area contributed by atoms with Gasteiger partial charge in [-0.2, -0.15) is 0 Å². The molecule has 0 aliphatic rings. The molecular formula is C2H5Cl2Ga. The summed E-state index contributed by atoms with van der Waals surface area (Å²) >= 11 is 1.78. The minimum atomic E-state index is 0. The van der Waals surface area contributed by atoms with Crippen LogP contribution in [-0.4, -0.2) is 18.6 Å². The van der Waals surface area contributed by atoms with E-state index in [0.29, 0.717) is 0 Å². The predicted octanol–water partition coefficient (Wildman–Crippen LogP) is -5.40. The topological polar surface area (TPSA) is 0 Å². The molecule has 0 nitrogen and oxygen atoms in total. The van der Waals surface area contributed by atoms with Crippen molar-refractivity contribution in [2.75, 3.05) is 0 Å². The Morgan fingerprint density at radius 3 is 1.40 bits per heavy atom. The quantitative estimate of drug-likeness (QED) is 0.318. The van der Waals surface area contributed by atoms with Crippen molar-refractivity contribution < 1.29 is 24.8 Å². The zero-order chi connectivity index (χ0) is 2.71. The monoisotopic (exact) mass is 168 g/mol. The van der Waals surface area contributed by atoms with Gasteiger partial charge in [0.2, 0.25) is 0 Å². The molecule has 3 heteroatoms. The Kier molecular flexibility index (Phi) is 61.7. The van der Waals surface area contributed by atoms with E-state index in [2.05, 4.69) is 6.92 Å². The van der Waals surface area contributed by atoms with Crippen LogP contribution in [0.1, 0.15) is 6.92 Å². The summed E-state index contributed by atoms with van der Waals surface area (Å²) in [4.78, 5) is 1.31. The van der Waals surface area contributed by atoms with E-state index in [1.165, 1.54) is 4.98 Å². The van der Waals surface area contributed by atoms with Crippen molar-refractivity contribution in [3.05, 3.63) is 0 Å². The van der Waals surface area contributed by atoms with E-state index in [1.54, 1.807) is 18.6 Å². The van der Waals surface area contributed by atoms with Crippen LogP contribution >= 0.6 is 0 Å². The van der Waals surface area contributed by atoms with Gasteiger partial charge in [0.15, 0.2) is 0 Å². The van der Waals surface area contributed by atoms with Gasteiger partial charge in [-0.05, 0) is 0 Å². The molecule has 0 aromatic heterocycles. The predicted molar refractivity (Wildman–Crippen MR) is 16.2 cm³/mol. The van der Waals surface area contributed by atoms with E-state index in [0.717, 1.165) is 0 Å².